The lowest BCUT2D eigenvalue weighted by Crippen LogP contribution is -2.52. The summed E-state index contributed by atoms with van der Waals surface area (Å²) in [5, 5.41) is 11.4. The van der Waals surface area contributed by atoms with E-state index >= 15 is 0 Å². The number of aliphatic hydroxyl groups excluding tert-OH is 1. The third-order valence-electron chi connectivity index (χ3n) is 4.22. The first-order chi connectivity index (χ1) is 12.9. The van der Waals surface area contributed by atoms with Crippen LogP contribution in [-0.2, 0) is 9.59 Å². The van der Waals surface area contributed by atoms with Gasteiger partial charge in [-0.05, 0) is 35.4 Å². The molecule has 0 heterocycles. The lowest BCUT2D eigenvalue weighted by atomic mass is 10.0. The highest BCUT2D eigenvalue weighted by atomic mass is 16.5. The van der Waals surface area contributed by atoms with E-state index in [1.54, 1.807) is 31.4 Å². The van der Waals surface area contributed by atoms with Crippen molar-refractivity contribution in [3.05, 3.63) is 54.1 Å². The maximum absolute atomic E-state index is 12.7. The average Bonchev–Trinajstić information content (AvgIpc) is 2.73. The van der Waals surface area contributed by atoms with Crippen LogP contribution in [0.3, 0.4) is 0 Å². The number of carbonyl (C=O) groups is 3. The first-order valence-corrected chi connectivity index (χ1v) is 8.29. The molecule has 2 rings (SSSR count). The Labute approximate surface area is 157 Å². The molecule has 1 unspecified atom stereocenters. The zero-order chi connectivity index (χ0) is 20.0. The molecule has 2 aromatic carbocycles. The third-order valence-corrected chi connectivity index (χ3v) is 4.22. The van der Waals surface area contributed by atoms with Crippen molar-refractivity contribution in [2.75, 3.05) is 27.8 Å². The molecule has 2 amide bonds. The van der Waals surface area contributed by atoms with Crippen molar-refractivity contribution >= 4 is 17.6 Å². The van der Waals surface area contributed by atoms with Crippen LogP contribution in [0.4, 0.5) is 0 Å². The monoisotopic (exact) mass is 370 g/mol. The Balaban J connectivity index is 2.22. The zero-order valence-corrected chi connectivity index (χ0v) is 15.4. The molecule has 0 bridgehead atoms. The Morgan fingerprint density at radius 3 is 2.00 bits per heavy atom. The van der Waals surface area contributed by atoms with Gasteiger partial charge in [-0.1, -0.05) is 24.3 Å². The van der Waals surface area contributed by atoms with Crippen molar-refractivity contribution in [1.29, 1.82) is 0 Å². The van der Waals surface area contributed by atoms with Gasteiger partial charge in [-0.25, -0.2) is 0 Å². The van der Waals surface area contributed by atoms with E-state index in [4.69, 9.17) is 9.84 Å². The Hall–Kier alpha value is -3.19. The molecule has 0 saturated heterocycles. The van der Waals surface area contributed by atoms with E-state index in [2.05, 4.69) is 5.32 Å². The van der Waals surface area contributed by atoms with Crippen molar-refractivity contribution in [2.24, 2.45) is 0 Å². The summed E-state index contributed by atoms with van der Waals surface area (Å²) in [5.74, 6) is -1.15. The number of carbonyl (C=O) groups excluding carboxylic acids is 3. The lowest BCUT2D eigenvalue weighted by molar-refractivity contribution is -0.135. The highest BCUT2D eigenvalue weighted by Gasteiger charge is 2.32. The molecule has 27 heavy (non-hydrogen) atoms. The van der Waals surface area contributed by atoms with Gasteiger partial charge in [0, 0.05) is 19.7 Å². The molecule has 7 nitrogen and oxygen atoms in total. The van der Waals surface area contributed by atoms with Crippen molar-refractivity contribution in [2.45, 2.75) is 6.04 Å². The van der Waals surface area contributed by atoms with Gasteiger partial charge in [-0.15, -0.1) is 0 Å². The summed E-state index contributed by atoms with van der Waals surface area (Å²) >= 11 is 0. The number of benzene rings is 2. The van der Waals surface area contributed by atoms with Crippen LogP contribution < -0.4 is 10.1 Å². The van der Waals surface area contributed by atoms with Crippen molar-refractivity contribution in [1.82, 2.24) is 10.2 Å². The predicted molar refractivity (Wildman–Crippen MR) is 100 cm³/mol. The van der Waals surface area contributed by atoms with Crippen molar-refractivity contribution < 1.29 is 24.2 Å². The second-order valence-corrected chi connectivity index (χ2v) is 5.86. The van der Waals surface area contributed by atoms with Gasteiger partial charge in [0.25, 0.3) is 5.91 Å². The van der Waals surface area contributed by atoms with Crippen LogP contribution in [0, 0.1) is 0 Å². The van der Waals surface area contributed by atoms with E-state index in [0.29, 0.717) is 5.56 Å². The molecule has 0 aliphatic heterocycles. The number of ketones is 1. The summed E-state index contributed by atoms with van der Waals surface area (Å²) in [6, 6.07) is 12.9. The minimum Gasteiger partial charge on any atom is -0.497 e. The van der Waals surface area contributed by atoms with Gasteiger partial charge in [0.05, 0.1) is 7.11 Å². The summed E-state index contributed by atoms with van der Waals surface area (Å²) < 4.78 is 5.13. The van der Waals surface area contributed by atoms with Gasteiger partial charge >= 0.3 is 0 Å². The lowest BCUT2D eigenvalue weighted by Gasteiger charge is -2.25. The SMILES string of the molecule is CNC(=O)C(C(=O)CO)N(C)C(=O)c1ccc(-c2ccc(OC)cc2)cc1. The van der Waals surface area contributed by atoms with E-state index < -0.39 is 30.2 Å². The maximum Gasteiger partial charge on any atom is 0.254 e. The molecule has 2 N–H and O–H groups in total. The molecule has 142 valence electrons. The van der Waals surface area contributed by atoms with E-state index in [-0.39, 0.29) is 0 Å². The standard InChI is InChI=1S/C20H22N2O5/c1-21-19(25)18(17(24)12-23)22(2)20(26)15-6-4-13(5-7-15)14-8-10-16(27-3)11-9-14/h4-11,18,23H,12H2,1-3H3,(H,21,25). The Morgan fingerprint density at radius 2 is 1.56 bits per heavy atom. The number of nitrogens with zero attached hydrogens (tertiary/aromatic N) is 1. The number of methoxy groups -OCH3 is 1. The molecule has 0 aromatic heterocycles. The Morgan fingerprint density at radius 1 is 1.04 bits per heavy atom. The van der Waals surface area contributed by atoms with E-state index in [9.17, 15) is 14.4 Å². The van der Waals surface area contributed by atoms with Gasteiger partial charge in [-0.2, -0.15) is 0 Å². The molecule has 0 aliphatic rings. The highest BCUT2D eigenvalue weighted by Crippen LogP contribution is 2.23. The normalized spacial score (nSPS) is 11.4. The van der Waals surface area contributed by atoms with Crippen LogP contribution >= 0.6 is 0 Å². The second kappa shape index (κ2) is 8.95. The molecule has 0 spiro atoms. The minimum atomic E-state index is -1.38. The quantitative estimate of drug-likeness (QED) is 0.712. The third kappa shape index (κ3) is 4.51. The fourth-order valence-corrected chi connectivity index (χ4v) is 2.67. The molecule has 0 fully saturated rings. The molecule has 7 heteroatoms. The zero-order valence-electron chi connectivity index (χ0n) is 15.4. The fourth-order valence-electron chi connectivity index (χ4n) is 2.67. The van der Waals surface area contributed by atoms with E-state index in [1.165, 1.54) is 14.1 Å². The number of hydrogen-bond acceptors (Lipinski definition) is 5. The van der Waals surface area contributed by atoms with Gasteiger partial charge in [-0.3, -0.25) is 14.4 Å². The van der Waals surface area contributed by atoms with Gasteiger partial charge in [0.1, 0.15) is 12.4 Å². The molecular weight excluding hydrogens is 348 g/mol. The van der Waals surface area contributed by atoms with Crippen LogP contribution in [-0.4, -0.2) is 61.5 Å². The number of aliphatic hydroxyl groups is 1. The predicted octanol–water partition coefficient (Wildman–Crippen LogP) is 1.11. The number of Topliss-reactive ketones (excluding diaryl/α,β-unsaturated/α-hetero) is 1. The number of ether oxygens (including phenoxy) is 1. The first-order valence-electron chi connectivity index (χ1n) is 8.29. The summed E-state index contributed by atoms with van der Waals surface area (Å²) in [6.07, 6.45) is 0. The van der Waals surface area contributed by atoms with Crippen LogP contribution in [0.2, 0.25) is 0 Å². The fraction of sp³-hybridized carbons (Fsp3) is 0.250. The molecular formula is C20H22N2O5. The minimum absolute atomic E-state index is 0.328. The van der Waals surface area contributed by atoms with Crippen molar-refractivity contribution in [3.63, 3.8) is 0 Å². The molecule has 1 atom stereocenters. The van der Waals surface area contributed by atoms with Gasteiger partial charge < -0.3 is 20.1 Å². The van der Waals surface area contributed by atoms with Crippen molar-refractivity contribution in [3.8, 4) is 16.9 Å². The molecule has 2 aromatic rings. The summed E-state index contributed by atoms with van der Waals surface area (Å²) in [7, 11) is 4.31. The Bertz CT molecular complexity index is 799. The number of amides is 2. The number of likely N-dealkylation sites (N-methyl/N-ethyl adjacent to an activating group) is 2. The topological polar surface area (TPSA) is 95.9 Å². The van der Waals surface area contributed by atoms with Crippen LogP contribution in [0.1, 0.15) is 10.4 Å². The largest absolute Gasteiger partial charge is 0.497 e. The molecule has 0 saturated carbocycles. The summed E-state index contributed by atoms with van der Waals surface area (Å²) in [5.41, 5.74) is 2.20. The van der Waals surface area contributed by atoms with Crippen LogP contribution in [0.15, 0.2) is 48.5 Å². The smallest absolute Gasteiger partial charge is 0.254 e. The maximum atomic E-state index is 12.7. The van der Waals surface area contributed by atoms with E-state index in [0.717, 1.165) is 21.8 Å². The number of nitrogens with one attached hydrogen (secondary N) is 1. The Kier molecular flexibility index (Phi) is 6.67. The second-order valence-electron chi connectivity index (χ2n) is 5.86. The number of hydrogen-bond donors (Lipinski definition) is 2. The van der Waals surface area contributed by atoms with Gasteiger partial charge in [0.15, 0.2) is 11.8 Å². The first kappa shape index (κ1) is 20.1. The van der Waals surface area contributed by atoms with Gasteiger partial charge in [0.2, 0.25) is 5.91 Å². The molecule has 0 aliphatic carbocycles. The average molecular weight is 370 g/mol. The van der Waals surface area contributed by atoms with E-state index in [1.807, 2.05) is 24.3 Å². The van der Waals surface area contributed by atoms with Crippen LogP contribution in [0.5, 0.6) is 5.75 Å². The molecule has 0 radical (unpaired) electrons. The summed E-state index contributed by atoms with van der Waals surface area (Å²) in [6.45, 7) is -0.827. The summed E-state index contributed by atoms with van der Waals surface area (Å²) in [4.78, 5) is 37.5. The number of rotatable bonds is 7. The van der Waals surface area contributed by atoms with Crippen LogP contribution in [0.25, 0.3) is 11.1 Å². The highest BCUT2D eigenvalue weighted by molar-refractivity contribution is 6.10.